The number of nitrogens with zero attached hydrogens (tertiary/aromatic N) is 2. The number of hydrogen-bond acceptors (Lipinski definition) is 2. The van der Waals surface area contributed by atoms with Crippen molar-refractivity contribution in [3.8, 4) is 5.69 Å². The van der Waals surface area contributed by atoms with Gasteiger partial charge in [0.25, 0.3) is 5.91 Å². The summed E-state index contributed by atoms with van der Waals surface area (Å²) in [6.07, 6.45) is 3.43. The van der Waals surface area contributed by atoms with Crippen LogP contribution in [0.4, 0.5) is 5.69 Å². The molecule has 0 aliphatic rings. The summed E-state index contributed by atoms with van der Waals surface area (Å²) in [6, 6.07) is 13.4. The highest BCUT2D eigenvalue weighted by Gasteiger charge is 2.18. The van der Waals surface area contributed by atoms with Crippen molar-refractivity contribution in [2.24, 2.45) is 0 Å². The van der Waals surface area contributed by atoms with Crippen LogP contribution >= 0.6 is 0 Å². The van der Waals surface area contributed by atoms with Crippen molar-refractivity contribution >= 4 is 11.6 Å². The zero-order chi connectivity index (χ0) is 15.5. The molecule has 0 aliphatic heterocycles. The van der Waals surface area contributed by atoms with Crippen molar-refractivity contribution < 1.29 is 4.79 Å². The van der Waals surface area contributed by atoms with E-state index >= 15 is 0 Å². The van der Waals surface area contributed by atoms with Crippen LogP contribution in [-0.4, -0.2) is 20.7 Å². The van der Waals surface area contributed by atoms with Crippen LogP contribution in [-0.2, 0) is 0 Å². The second-order valence-corrected chi connectivity index (χ2v) is 5.38. The predicted octanol–water partition coefficient (Wildman–Crippen LogP) is 3.58. The third kappa shape index (κ3) is 2.65. The lowest BCUT2D eigenvalue weighted by atomic mass is 10.1. The molecular weight excluding hydrogens is 276 g/mol. The van der Waals surface area contributed by atoms with Crippen LogP contribution in [0.15, 0.2) is 54.9 Å². The molecule has 2 N–H and O–H groups in total. The van der Waals surface area contributed by atoms with Gasteiger partial charge in [-0.15, -0.1) is 0 Å². The SMILES string of the molecule is CC(C)c1c(NC(=O)c2ccc[nH]2)cnn1-c1ccccc1. The molecule has 0 saturated carbocycles. The quantitative estimate of drug-likeness (QED) is 0.772. The summed E-state index contributed by atoms with van der Waals surface area (Å²) in [4.78, 5) is 15.1. The summed E-state index contributed by atoms with van der Waals surface area (Å²) in [5, 5.41) is 7.36. The van der Waals surface area contributed by atoms with Gasteiger partial charge in [0.2, 0.25) is 0 Å². The molecule has 0 fully saturated rings. The Hall–Kier alpha value is -2.82. The van der Waals surface area contributed by atoms with E-state index in [1.807, 2.05) is 35.0 Å². The number of H-pyrrole nitrogens is 1. The number of para-hydroxylation sites is 1. The van der Waals surface area contributed by atoms with Crippen LogP contribution in [0, 0.1) is 0 Å². The average Bonchev–Trinajstić information content (AvgIpc) is 3.17. The van der Waals surface area contributed by atoms with E-state index < -0.39 is 0 Å². The summed E-state index contributed by atoms with van der Waals surface area (Å²) in [5.74, 6) is 0.0566. The molecule has 0 bridgehead atoms. The molecule has 0 atom stereocenters. The molecule has 2 aromatic heterocycles. The number of anilines is 1. The first-order chi connectivity index (χ1) is 10.7. The number of amides is 1. The van der Waals surface area contributed by atoms with E-state index in [0.29, 0.717) is 5.69 Å². The molecule has 0 aliphatic carbocycles. The van der Waals surface area contributed by atoms with Gasteiger partial charge in [0.05, 0.1) is 23.3 Å². The Labute approximate surface area is 129 Å². The third-order valence-electron chi connectivity index (χ3n) is 3.44. The van der Waals surface area contributed by atoms with Crippen LogP contribution in [0.5, 0.6) is 0 Å². The maximum absolute atomic E-state index is 12.2. The minimum Gasteiger partial charge on any atom is -0.357 e. The highest BCUT2D eigenvalue weighted by atomic mass is 16.1. The van der Waals surface area contributed by atoms with Gasteiger partial charge >= 0.3 is 0 Å². The fourth-order valence-corrected chi connectivity index (χ4v) is 2.45. The van der Waals surface area contributed by atoms with E-state index in [1.54, 1.807) is 24.5 Å². The molecule has 112 valence electrons. The van der Waals surface area contributed by atoms with E-state index in [2.05, 4.69) is 29.2 Å². The Morgan fingerprint density at radius 2 is 1.95 bits per heavy atom. The molecular formula is C17H18N4O. The second-order valence-electron chi connectivity index (χ2n) is 5.38. The van der Waals surface area contributed by atoms with Crippen molar-refractivity contribution in [1.29, 1.82) is 0 Å². The van der Waals surface area contributed by atoms with E-state index in [0.717, 1.165) is 17.1 Å². The number of carbonyl (C=O) groups is 1. The molecule has 1 aromatic carbocycles. The zero-order valence-electron chi connectivity index (χ0n) is 12.6. The van der Waals surface area contributed by atoms with Crippen molar-refractivity contribution in [2.75, 3.05) is 5.32 Å². The lowest BCUT2D eigenvalue weighted by Gasteiger charge is -2.13. The van der Waals surface area contributed by atoms with Crippen molar-refractivity contribution in [3.63, 3.8) is 0 Å². The van der Waals surface area contributed by atoms with Gasteiger partial charge in [0.1, 0.15) is 5.69 Å². The van der Waals surface area contributed by atoms with Gasteiger partial charge in [0, 0.05) is 6.20 Å². The van der Waals surface area contributed by atoms with Crippen molar-refractivity contribution in [2.45, 2.75) is 19.8 Å². The fourth-order valence-electron chi connectivity index (χ4n) is 2.45. The normalized spacial score (nSPS) is 10.9. The van der Waals surface area contributed by atoms with Crippen LogP contribution in [0.3, 0.4) is 0 Å². The first-order valence-electron chi connectivity index (χ1n) is 7.25. The van der Waals surface area contributed by atoms with E-state index in [4.69, 9.17) is 0 Å². The third-order valence-corrected chi connectivity index (χ3v) is 3.44. The van der Waals surface area contributed by atoms with E-state index in [-0.39, 0.29) is 11.8 Å². The summed E-state index contributed by atoms with van der Waals surface area (Å²) >= 11 is 0. The monoisotopic (exact) mass is 294 g/mol. The van der Waals surface area contributed by atoms with E-state index in [9.17, 15) is 4.79 Å². The molecule has 5 nitrogen and oxygen atoms in total. The highest BCUT2D eigenvalue weighted by Crippen LogP contribution is 2.27. The molecule has 0 unspecified atom stereocenters. The molecule has 0 saturated heterocycles. The van der Waals surface area contributed by atoms with Gasteiger partial charge in [0.15, 0.2) is 0 Å². The average molecular weight is 294 g/mol. The summed E-state index contributed by atoms with van der Waals surface area (Å²) < 4.78 is 1.87. The van der Waals surface area contributed by atoms with Gasteiger partial charge in [-0.05, 0) is 30.2 Å². The molecule has 3 rings (SSSR count). The number of hydrogen-bond donors (Lipinski definition) is 2. The lowest BCUT2D eigenvalue weighted by Crippen LogP contribution is -2.14. The zero-order valence-corrected chi connectivity index (χ0v) is 12.6. The Bertz CT molecular complexity index is 757. The summed E-state index contributed by atoms with van der Waals surface area (Å²) in [6.45, 7) is 4.17. The number of aromatic nitrogens is 3. The smallest absolute Gasteiger partial charge is 0.272 e. The first-order valence-corrected chi connectivity index (χ1v) is 7.25. The van der Waals surface area contributed by atoms with Crippen LogP contribution in [0.1, 0.15) is 35.9 Å². The van der Waals surface area contributed by atoms with Gasteiger partial charge in [-0.1, -0.05) is 32.0 Å². The van der Waals surface area contributed by atoms with Crippen molar-refractivity contribution in [3.05, 3.63) is 66.2 Å². The Kier molecular flexibility index (Phi) is 3.78. The first kappa shape index (κ1) is 14.1. The maximum Gasteiger partial charge on any atom is 0.272 e. The maximum atomic E-state index is 12.2. The predicted molar refractivity (Wildman–Crippen MR) is 86.4 cm³/mol. The number of rotatable bonds is 4. The number of benzene rings is 1. The molecule has 0 spiro atoms. The van der Waals surface area contributed by atoms with Gasteiger partial charge in [-0.3, -0.25) is 4.79 Å². The Balaban J connectivity index is 1.96. The fraction of sp³-hybridized carbons (Fsp3) is 0.176. The molecule has 3 aromatic rings. The number of carbonyl (C=O) groups excluding carboxylic acids is 1. The molecule has 22 heavy (non-hydrogen) atoms. The minimum atomic E-state index is -0.167. The Morgan fingerprint density at radius 3 is 2.59 bits per heavy atom. The topological polar surface area (TPSA) is 62.7 Å². The molecule has 2 heterocycles. The summed E-state index contributed by atoms with van der Waals surface area (Å²) in [7, 11) is 0. The van der Waals surface area contributed by atoms with E-state index in [1.165, 1.54) is 0 Å². The highest BCUT2D eigenvalue weighted by molar-refractivity contribution is 6.03. The number of aromatic amines is 1. The van der Waals surface area contributed by atoms with Crippen molar-refractivity contribution in [1.82, 2.24) is 14.8 Å². The molecule has 0 radical (unpaired) electrons. The van der Waals surface area contributed by atoms with Crippen LogP contribution in [0.25, 0.3) is 5.69 Å². The summed E-state index contributed by atoms with van der Waals surface area (Å²) in [5.41, 5.74) is 3.22. The molecule has 5 heteroatoms. The standard InChI is InChI=1S/C17H18N4O/c1-12(2)16-15(20-17(22)14-9-6-10-18-14)11-19-21(16)13-7-4-3-5-8-13/h3-12,18H,1-2H3,(H,20,22). The minimum absolute atomic E-state index is 0.167. The molecule has 1 amide bonds. The lowest BCUT2D eigenvalue weighted by molar-refractivity contribution is 0.102. The van der Waals surface area contributed by atoms with Gasteiger partial charge in [-0.2, -0.15) is 5.10 Å². The largest absolute Gasteiger partial charge is 0.357 e. The van der Waals surface area contributed by atoms with Crippen LogP contribution < -0.4 is 5.32 Å². The number of nitrogens with one attached hydrogen (secondary N) is 2. The van der Waals surface area contributed by atoms with Crippen LogP contribution in [0.2, 0.25) is 0 Å². The van der Waals surface area contributed by atoms with Gasteiger partial charge in [-0.25, -0.2) is 4.68 Å². The second kappa shape index (κ2) is 5.89. The Morgan fingerprint density at radius 1 is 1.18 bits per heavy atom. The van der Waals surface area contributed by atoms with Gasteiger partial charge < -0.3 is 10.3 Å².